The van der Waals surface area contributed by atoms with Crippen molar-refractivity contribution >= 4 is 11.5 Å². The Morgan fingerprint density at radius 2 is 2.00 bits per heavy atom. The van der Waals surface area contributed by atoms with Crippen molar-refractivity contribution in [3.05, 3.63) is 59.7 Å². The molecular formula is C17H16N2O2. The molecule has 2 aromatic rings. The number of methoxy groups -OCH3 is 1. The molecule has 0 aliphatic heterocycles. The van der Waals surface area contributed by atoms with Gasteiger partial charge in [0.05, 0.1) is 25.3 Å². The summed E-state index contributed by atoms with van der Waals surface area (Å²) >= 11 is 0. The Morgan fingerprint density at radius 1 is 1.24 bits per heavy atom. The number of ketones is 1. The Labute approximate surface area is 124 Å². The van der Waals surface area contributed by atoms with Gasteiger partial charge in [-0.25, -0.2) is 0 Å². The normalized spacial score (nSPS) is 9.76. The van der Waals surface area contributed by atoms with Crippen molar-refractivity contribution in [2.24, 2.45) is 0 Å². The molecule has 0 unspecified atom stereocenters. The molecule has 2 rings (SSSR count). The van der Waals surface area contributed by atoms with Crippen molar-refractivity contribution in [1.82, 2.24) is 0 Å². The molecule has 0 aromatic heterocycles. The predicted molar refractivity (Wildman–Crippen MR) is 81.8 cm³/mol. The number of hydrogen-bond acceptors (Lipinski definition) is 4. The topological polar surface area (TPSA) is 53.3 Å². The van der Waals surface area contributed by atoms with Crippen LogP contribution in [-0.4, -0.2) is 26.5 Å². The molecule has 0 N–H and O–H groups in total. The molecular weight excluding hydrogens is 264 g/mol. The van der Waals surface area contributed by atoms with E-state index in [2.05, 4.69) is 6.07 Å². The number of Topliss-reactive ketones (excluding diaryl/α,β-unsaturated/α-hetero) is 1. The maximum Gasteiger partial charge on any atom is 0.182 e. The zero-order valence-corrected chi connectivity index (χ0v) is 12.0. The largest absolute Gasteiger partial charge is 0.497 e. The monoisotopic (exact) mass is 280 g/mol. The van der Waals surface area contributed by atoms with Crippen molar-refractivity contribution in [2.45, 2.75) is 0 Å². The SMILES string of the molecule is COc1cccc(C(=O)CN(C)c2cccc(C#N)c2)c1. The van der Waals surface area contributed by atoms with E-state index < -0.39 is 0 Å². The van der Waals surface area contributed by atoms with Crippen LogP contribution in [0, 0.1) is 11.3 Å². The van der Waals surface area contributed by atoms with Crippen LogP contribution in [-0.2, 0) is 0 Å². The standard InChI is InChI=1S/C17H16N2O2/c1-19(15-7-3-5-13(9-15)11-18)12-17(20)14-6-4-8-16(10-14)21-2/h3-10H,12H2,1-2H3. The van der Waals surface area contributed by atoms with Gasteiger partial charge in [-0.1, -0.05) is 18.2 Å². The highest BCUT2D eigenvalue weighted by Gasteiger charge is 2.11. The van der Waals surface area contributed by atoms with Crippen molar-refractivity contribution in [3.8, 4) is 11.8 Å². The maximum atomic E-state index is 12.3. The fourth-order valence-corrected chi connectivity index (χ4v) is 2.01. The number of nitriles is 1. The van der Waals surface area contributed by atoms with Crippen LogP contribution in [0.25, 0.3) is 0 Å². The summed E-state index contributed by atoms with van der Waals surface area (Å²) in [5, 5.41) is 8.91. The van der Waals surface area contributed by atoms with Gasteiger partial charge < -0.3 is 9.64 Å². The van der Waals surface area contributed by atoms with Gasteiger partial charge >= 0.3 is 0 Å². The van der Waals surface area contributed by atoms with Crippen molar-refractivity contribution in [2.75, 3.05) is 25.6 Å². The quantitative estimate of drug-likeness (QED) is 0.790. The first-order valence-corrected chi connectivity index (χ1v) is 6.52. The number of carbonyl (C=O) groups excluding carboxylic acids is 1. The van der Waals surface area contributed by atoms with Gasteiger partial charge in [0, 0.05) is 18.3 Å². The molecule has 4 heteroatoms. The van der Waals surface area contributed by atoms with Crippen LogP contribution >= 0.6 is 0 Å². The van der Waals surface area contributed by atoms with Gasteiger partial charge in [-0.15, -0.1) is 0 Å². The number of hydrogen-bond donors (Lipinski definition) is 0. The van der Waals surface area contributed by atoms with Crippen LogP contribution in [0.5, 0.6) is 5.75 Å². The van der Waals surface area contributed by atoms with Gasteiger partial charge in [-0.2, -0.15) is 5.26 Å². The smallest absolute Gasteiger partial charge is 0.182 e. The van der Waals surface area contributed by atoms with Crippen LogP contribution in [0.2, 0.25) is 0 Å². The molecule has 0 saturated heterocycles. The van der Waals surface area contributed by atoms with Crippen LogP contribution in [0.15, 0.2) is 48.5 Å². The molecule has 0 aliphatic rings. The van der Waals surface area contributed by atoms with Gasteiger partial charge in [0.1, 0.15) is 5.75 Å². The molecule has 21 heavy (non-hydrogen) atoms. The molecule has 0 saturated carbocycles. The fraction of sp³-hybridized carbons (Fsp3) is 0.176. The second kappa shape index (κ2) is 6.58. The average Bonchev–Trinajstić information content (AvgIpc) is 2.54. The molecule has 106 valence electrons. The van der Waals surface area contributed by atoms with Crippen LogP contribution in [0.4, 0.5) is 5.69 Å². The van der Waals surface area contributed by atoms with E-state index in [0.29, 0.717) is 16.9 Å². The van der Waals surface area contributed by atoms with Gasteiger partial charge in [0.25, 0.3) is 0 Å². The zero-order valence-electron chi connectivity index (χ0n) is 12.0. The number of anilines is 1. The first-order chi connectivity index (χ1) is 10.1. The van der Waals surface area contributed by atoms with E-state index in [1.54, 1.807) is 49.6 Å². The third-order valence-corrected chi connectivity index (χ3v) is 3.19. The van der Waals surface area contributed by atoms with Gasteiger partial charge in [-0.3, -0.25) is 4.79 Å². The minimum absolute atomic E-state index is 0.00115. The predicted octanol–water partition coefficient (Wildman–Crippen LogP) is 2.89. The van der Waals surface area contributed by atoms with E-state index in [0.717, 1.165) is 5.69 Å². The first kappa shape index (κ1) is 14.6. The lowest BCUT2D eigenvalue weighted by Gasteiger charge is -2.18. The molecule has 4 nitrogen and oxygen atoms in total. The molecule has 0 fully saturated rings. The van der Waals surface area contributed by atoms with Crippen LogP contribution in [0.3, 0.4) is 0 Å². The summed E-state index contributed by atoms with van der Waals surface area (Å²) in [6.45, 7) is 0.238. The maximum absolute atomic E-state index is 12.3. The van der Waals surface area contributed by atoms with E-state index in [1.807, 2.05) is 18.0 Å². The summed E-state index contributed by atoms with van der Waals surface area (Å²) in [6, 6.07) is 16.4. The third kappa shape index (κ3) is 3.61. The van der Waals surface area contributed by atoms with Gasteiger partial charge in [0.2, 0.25) is 0 Å². The number of carbonyl (C=O) groups is 1. The van der Waals surface area contributed by atoms with E-state index >= 15 is 0 Å². The summed E-state index contributed by atoms with van der Waals surface area (Å²) in [5.41, 5.74) is 2.02. The van der Waals surface area contributed by atoms with Crippen molar-refractivity contribution < 1.29 is 9.53 Å². The van der Waals surface area contributed by atoms with Gasteiger partial charge in [-0.05, 0) is 30.3 Å². The highest BCUT2D eigenvalue weighted by atomic mass is 16.5. The highest BCUT2D eigenvalue weighted by molar-refractivity contribution is 5.99. The van der Waals surface area contributed by atoms with E-state index in [4.69, 9.17) is 10.00 Å². The summed E-state index contributed by atoms with van der Waals surface area (Å²) in [6.07, 6.45) is 0. The number of nitrogens with zero attached hydrogens (tertiary/aromatic N) is 2. The van der Waals surface area contributed by atoms with E-state index in [-0.39, 0.29) is 12.3 Å². The first-order valence-electron chi connectivity index (χ1n) is 6.52. The molecule has 0 bridgehead atoms. The molecule has 0 aliphatic carbocycles. The Hall–Kier alpha value is -2.80. The highest BCUT2D eigenvalue weighted by Crippen LogP contribution is 2.17. The molecule has 0 atom stereocenters. The summed E-state index contributed by atoms with van der Waals surface area (Å²) < 4.78 is 5.12. The van der Waals surface area contributed by atoms with Crippen molar-refractivity contribution in [3.63, 3.8) is 0 Å². The Kier molecular flexibility index (Phi) is 4.57. The van der Waals surface area contributed by atoms with E-state index in [9.17, 15) is 4.79 Å². The fourth-order valence-electron chi connectivity index (χ4n) is 2.01. The second-order valence-electron chi connectivity index (χ2n) is 4.67. The van der Waals surface area contributed by atoms with Crippen LogP contribution in [0.1, 0.15) is 15.9 Å². The molecule has 0 amide bonds. The Balaban J connectivity index is 2.13. The zero-order chi connectivity index (χ0) is 15.2. The van der Waals surface area contributed by atoms with Crippen LogP contribution < -0.4 is 9.64 Å². The number of benzene rings is 2. The number of likely N-dealkylation sites (N-methyl/N-ethyl adjacent to an activating group) is 1. The lowest BCUT2D eigenvalue weighted by Crippen LogP contribution is -2.25. The summed E-state index contributed by atoms with van der Waals surface area (Å²) in [5.74, 6) is 0.661. The second-order valence-corrected chi connectivity index (χ2v) is 4.67. The lowest BCUT2D eigenvalue weighted by molar-refractivity contribution is 0.1000. The average molecular weight is 280 g/mol. The molecule has 0 spiro atoms. The Morgan fingerprint density at radius 3 is 2.71 bits per heavy atom. The Bertz CT molecular complexity index is 689. The van der Waals surface area contributed by atoms with E-state index in [1.165, 1.54) is 0 Å². The summed E-state index contributed by atoms with van der Waals surface area (Å²) in [4.78, 5) is 14.1. The molecule has 0 heterocycles. The van der Waals surface area contributed by atoms with Crippen molar-refractivity contribution in [1.29, 1.82) is 5.26 Å². The number of rotatable bonds is 5. The summed E-state index contributed by atoms with van der Waals surface area (Å²) in [7, 11) is 3.40. The minimum atomic E-state index is -0.00115. The number of ether oxygens (including phenoxy) is 1. The third-order valence-electron chi connectivity index (χ3n) is 3.19. The molecule has 0 radical (unpaired) electrons. The molecule has 2 aromatic carbocycles. The lowest BCUT2D eigenvalue weighted by atomic mass is 10.1. The van der Waals surface area contributed by atoms with Gasteiger partial charge in [0.15, 0.2) is 5.78 Å². The minimum Gasteiger partial charge on any atom is -0.497 e.